The van der Waals surface area contributed by atoms with Gasteiger partial charge in [0.25, 0.3) is 0 Å². The molecule has 2 rings (SSSR count). The van der Waals surface area contributed by atoms with E-state index in [-0.39, 0.29) is 18.0 Å². The summed E-state index contributed by atoms with van der Waals surface area (Å²) >= 11 is 0. The first-order valence-electron chi connectivity index (χ1n) is 4.44. The largest absolute Gasteiger partial charge is 0.391 e. The van der Waals surface area contributed by atoms with Crippen LogP contribution < -0.4 is 5.32 Å². The van der Waals surface area contributed by atoms with E-state index in [9.17, 15) is 9.50 Å². The molecule has 1 saturated heterocycles. The highest BCUT2D eigenvalue weighted by Crippen LogP contribution is 2.23. The highest BCUT2D eigenvalue weighted by molar-refractivity contribution is 5.22. The molecule has 0 saturated carbocycles. The Morgan fingerprint density at radius 2 is 2.31 bits per heavy atom. The zero-order chi connectivity index (χ0) is 9.26. The summed E-state index contributed by atoms with van der Waals surface area (Å²) in [6.45, 7) is 0.794. The minimum absolute atomic E-state index is 0.101. The predicted molar refractivity (Wildman–Crippen MR) is 47.8 cm³/mol. The maximum atomic E-state index is 12.8. The third-order valence-electron chi connectivity index (χ3n) is 2.40. The van der Waals surface area contributed by atoms with Crippen molar-refractivity contribution < 1.29 is 9.50 Å². The minimum Gasteiger partial charge on any atom is -0.391 e. The van der Waals surface area contributed by atoms with E-state index in [1.54, 1.807) is 6.07 Å². The van der Waals surface area contributed by atoms with Crippen molar-refractivity contribution >= 4 is 0 Å². The van der Waals surface area contributed by atoms with Gasteiger partial charge < -0.3 is 10.4 Å². The SMILES string of the molecule is O[C@@H]1CCN[C@H]1c1cccc(F)c1. The number of hydrogen-bond acceptors (Lipinski definition) is 2. The molecular weight excluding hydrogens is 169 g/mol. The van der Waals surface area contributed by atoms with Gasteiger partial charge in [-0.15, -0.1) is 0 Å². The lowest BCUT2D eigenvalue weighted by molar-refractivity contribution is 0.160. The van der Waals surface area contributed by atoms with E-state index >= 15 is 0 Å². The van der Waals surface area contributed by atoms with Gasteiger partial charge in [0.2, 0.25) is 0 Å². The van der Waals surface area contributed by atoms with E-state index < -0.39 is 0 Å². The van der Waals surface area contributed by atoms with E-state index in [1.165, 1.54) is 12.1 Å². The number of aliphatic hydroxyl groups excluding tert-OH is 1. The van der Waals surface area contributed by atoms with Crippen LogP contribution in [0.2, 0.25) is 0 Å². The highest BCUT2D eigenvalue weighted by Gasteiger charge is 2.25. The van der Waals surface area contributed by atoms with Crippen molar-refractivity contribution in [2.75, 3.05) is 6.54 Å². The minimum atomic E-state index is -0.387. The molecule has 0 radical (unpaired) electrons. The fourth-order valence-corrected chi connectivity index (χ4v) is 1.73. The molecule has 1 aromatic carbocycles. The number of rotatable bonds is 1. The third kappa shape index (κ3) is 1.71. The molecule has 2 N–H and O–H groups in total. The van der Waals surface area contributed by atoms with Gasteiger partial charge in [-0.25, -0.2) is 4.39 Å². The molecular formula is C10H12FNO. The van der Waals surface area contributed by atoms with Crippen LogP contribution in [0.5, 0.6) is 0 Å². The lowest BCUT2D eigenvalue weighted by Crippen LogP contribution is -2.20. The Morgan fingerprint density at radius 3 is 2.92 bits per heavy atom. The summed E-state index contributed by atoms with van der Waals surface area (Å²) in [5.74, 6) is -0.251. The standard InChI is InChI=1S/C10H12FNO/c11-8-3-1-2-7(6-8)10-9(13)4-5-12-10/h1-3,6,9-10,12-13H,4-5H2/t9-,10+/m1/s1. The first-order chi connectivity index (χ1) is 6.27. The van der Waals surface area contributed by atoms with Gasteiger partial charge in [-0.05, 0) is 30.7 Å². The zero-order valence-electron chi connectivity index (χ0n) is 7.20. The van der Waals surface area contributed by atoms with Crippen LogP contribution in [0.15, 0.2) is 24.3 Å². The van der Waals surface area contributed by atoms with Gasteiger partial charge in [0.05, 0.1) is 12.1 Å². The van der Waals surface area contributed by atoms with Gasteiger partial charge in [-0.3, -0.25) is 0 Å². The Morgan fingerprint density at radius 1 is 1.46 bits per heavy atom. The van der Waals surface area contributed by atoms with Crippen molar-refractivity contribution in [2.45, 2.75) is 18.6 Å². The van der Waals surface area contributed by atoms with Gasteiger partial charge >= 0.3 is 0 Å². The van der Waals surface area contributed by atoms with Gasteiger partial charge in [0.1, 0.15) is 5.82 Å². The van der Waals surface area contributed by atoms with Crippen molar-refractivity contribution in [3.8, 4) is 0 Å². The Hall–Kier alpha value is -0.930. The van der Waals surface area contributed by atoms with Crippen LogP contribution in [0.25, 0.3) is 0 Å². The van der Waals surface area contributed by atoms with E-state index in [1.807, 2.05) is 6.07 Å². The fraction of sp³-hybridized carbons (Fsp3) is 0.400. The molecule has 2 nitrogen and oxygen atoms in total. The molecule has 0 unspecified atom stereocenters. The van der Waals surface area contributed by atoms with E-state index in [2.05, 4.69) is 5.32 Å². The van der Waals surface area contributed by atoms with Crippen LogP contribution in [-0.4, -0.2) is 17.8 Å². The predicted octanol–water partition coefficient (Wildman–Crippen LogP) is 1.22. The molecule has 1 aliphatic rings. The average Bonchev–Trinajstić information content (AvgIpc) is 2.51. The average molecular weight is 181 g/mol. The topological polar surface area (TPSA) is 32.3 Å². The van der Waals surface area contributed by atoms with Crippen molar-refractivity contribution in [3.05, 3.63) is 35.6 Å². The summed E-state index contributed by atoms with van der Waals surface area (Å²) in [7, 11) is 0. The van der Waals surface area contributed by atoms with E-state index in [0.717, 1.165) is 18.5 Å². The van der Waals surface area contributed by atoms with Crippen LogP contribution in [0, 0.1) is 5.82 Å². The lowest BCUT2D eigenvalue weighted by atomic mass is 10.0. The fourth-order valence-electron chi connectivity index (χ4n) is 1.73. The van der Waals surface area contributed by atoms with Crippen molar-refractivity contribution in [1.82, 2.24) is 5.32 Å². The summed E-state index contributed by atoms with van der Waals surface area (Å²) in [4.78, 5) is 0. The summed E-state index contributed by atoms with van der Waals surface area (Å²) in [6, 6.07) is 6.26. The highest BCUT2D eigenvalue weighted by atomic mass is 19.1. The molecule has 1 fully saturated rings. The first kappa shape index (κ1) is 8.66. The van der Waals surface area contributed by atoms with Gasteiger partial charge in [-0.2, -0.15) is 0 Å². The molecule has 0 spiro atoms. The van der Waals surface area contributed by atoms with Crippen molar-refractivity contribution in [1.29, 1.82) is 0 Å². The first-order valence-corrected chi connectivity index (χ1v) is 4.44. The van der Waals surface area contributed by atoms with Crippen LogP contribution >= 0.6 is 0 Å². The van der Waals surface area contributed by atoms with Gasteiger partial charge in [0.15, 0.2) is 0 Å². The van der Waals surface area contributed by atoms with Crippen LogP contribution in [-0.2, 0) is 0 Å². The molecule has 70 valence electrons. The Balaban J connectivity index is 2.24. The monoisotopic (exact) mass is 181 g/mol. The van der Waals surface area contributed by atoms with Crippen molar-refractivity contribution in [3.63, 3.8) is 0 Å². The second-order valence-corrected chi connectivity index (χ2v) is 3.34. The summed E-state index contributed by atoms with van der Waals surface area (Å²) < 4.78 is 12.8. The van der Waals surface area contributed by atoms with Crippen molar-refractivity contribution in [2.24, 2.45) is 0 Å². The molecule has 1 aliphatic heterocycles. The van der Waals surface area contributed by atoms with Crippen LogP contribution in [0.3, 0.4) is 0 Å². The van der Waals surface area contributed by atoms with Gasteiger partial charge in [-0.1, -0.05) is 12.1 Å². The normalized spacial score (nSPS) is 27.8. The number of aliphatic hydroxyl groups is 1. The number of halogens is 1. The van der Waals surface area contributed by atoms with E-state index in [4.69, 9.17) is 0 Å². The maximum absolute atomic E-state index is 12.8. The summed E-state index contributed by atoms with van der Waals surface area (Å²) in [5, 5.41) is 12.7. The molecule has 13 heavy (non-hydrogen) atoms. The molecule has 0 aliphatic carbocycles. The molecule has 1 heterocycles. The molecule has 1 aromatic rings. The second-order valence-electron chi connectivity index (χ2n) is 3.34. The Labute approximate surface area is 76.4 Å². The van der Waals surface area contributed by atoms with E-state index in [0.29, 0.717) is 0 Å². The summed E-state index contributed by atoms with van der Waals surface area (Å²) in [5.41, 5.74) is 0.824. The number of nitrogens with one attached hydrogen (secondary N) is 1. The Bertz CT molecular complexity index is 303. The molecule has 0 bridgehead atoms. The number of benzene rings is 1. The quantitative estimate of drug-likeness (QED) is 0.682. The lowest BCUT2D eigenvalue weighted by Gasteiger charge is -2.14. The van der Waals surface area contributed by atoms with Crippen LogP contribution in [0.1, 0.15) is 18.0 Å². The molecule has 2 atom stereocenters. The summed E-state index contributed by atoms with van der Waals surface area (Å²) in [6.07, 6.45) is 0.350. The zero-order valence-corrected chi connectivity index (χ0v) is 7.20. The maximum Gasteiger partial charge on any atom is 0.123 e. The second kappa shape index (κ2) is 3.44. The molecule has 0 aromatic heterocycles. The van der Waals surface area contributed by atoms with Gasteiger partial charge in [0, 0.05) is 0 Å². The molecule has 0 amide bonds. The Kier molecular flexibility index (Phi) is 2.29. The molecule has 3 heteroatoms. The smallest absolute Gasteiger partial charge is 0.123 e. The number of hydrogen-bond donors (Lipinski definition) is 2. The third-order valence-corrected chi connectivity index (χ3v) is 2.40. The van der Waals surface area contributed by atoms with Crippen LogP contribution in [0.4, 0.5) is 4.39 Å².